The molecule has 1 N–H and O–H groups in total. The zero-order valence-electron chi connectivity index (χ0n) is 24.0. The Labute approximate surface area is 252 Å². The smallest absolute Gasteiger partial charge is 0.330 e. The Morgan fingerprint density at radius 3 is 2.45 bits per heavy atom. The zero-order chi connectivity index (χ0) is 31.6. The number of halogens is 3. The SMILES string of the molecule is C=C[C@]1(C(=O)Nc2ccccc2)C[C@@H](C#N)N(C(=O)[C@H](CC2CC2)N(C)C(=O)c2cnn(-c3ccc(C(F)(F)F)cc3)c2)C1. The van der Waals surface area contributed by atoms with E-state index in [-0.39, 0.29) is 30.4 Å². The second kappa shape index (κ2) is 12.0. The van der Waals surface area contributed by atoms with Crippen LogP contribution in [0.2, 0.25) is 0 Å². The number of hydrogen-bond acceptors (Lipinski definition) is 5. The van der Waals surface area contributed by atoms with Crippen molar-refractivity contribution in [3.05, 3.63) is 90.8 Å². The quantitative estimate of drug-likeness (QED) is 0.343. The van der Waals surface area contributed by atoms with E-state index in [9.17, 15) is 32.8 Å². The van der Waals surface area contributed by atoms with Crippen molar-refractivity contribution in [2.75, 3.05) is 18.9 Å². The first-order chi connectivity index (χ1) is 21.0. The number of nitrogens with zero attached hydrogens (tertiary/aromatic N) is 5. The molecule has 2 aromatic carbocycles. The number of aromatic nitrogens is 2. The molecule has 0 spiro atoms. The first kappa shape index (κ1) is 30.5. The number of carbonyl (C=O) groups is 3. The topological polar surface area (TPSA) is 111 Å². The van der Waals surface area contributed by atoms with Gasteiger partial charge in [-0.1, -0.05) is 37.1 Å². The number of benzene rings is 2. The van der Waals surface area contributed by atoms with E-state index >= 15 is 0 Å². The number of anilines is 1. The molecule has 12 heteroatoms. The molecule has 1 saturated heterocycles. The first-order valence-corrected chi connectivity index (χ1v) is 14.2. The fourth-order valence-electron chi connectivity index (χ4n) is 5.47. The van der Waals surface area contributed by atoms with Gasteiger partial charge in [0.05, 0.1) is 34.5 Å². The number of para-hydroxylation sites is 1. The Balaban J connectivity index is 1.35. The molecule has 0 bridgehead atoms. The van der Waals surface area contributed by atoms with Crippen LogP contribution in [0.5, 0.6) is 0 Å². The number of hydrogen-bond donors (Lipinski definition) is 1. The molecule has 5 rings (SSSR count). The van der Waals surface area contributed by atoms with E-state index in [4.69, 9.17) is 0 Å². The summed E-state index contributed by atoms with van der Waals surface area (Å²) in [5, 5.41) is 17.0. The number of nitriles is 1. The molecule has 1 aliphatic carbocycles. The second-order valence-corrected chi connectivity index (χ2v) is 11.3. The minimum Gasteiger partial charge on any atom is -0.330 e. The number of amides is 3. The summed E-state index contributed by atoms with van der Waals surface area (Å²) in [6, 6.07) is 13.6. The molecular weight excluding hydrogens is 573 g/mol. The average molecular weight is 605 g/mol. The highest BCUT2D eigenvalue weighted by molar-refractivity contribution is 5.99. The molecule has 2 fully saturated rings. The molecule has 0 unspecified atom stereocenters. The lowest BCUT2D eigenvalue weighted by Gasteiger charge is -2.32. The molecule has 3 amide bonds. The number of alkyl halides is 3. The van der Waals surface area contributed by atoms with Gasteiger partial charge in [-0.2, -0.15) is 23.5 Å². The van der Waals surface area contributed by atoms with Gasteiger partial charge < -0.3 is 15.1 Å². The molecule has 0 radical (unpaired) electrons. The van der Waals surface area contributed by atoms with Crippen LogP contribution in [0, 0.1) is 22.7 Å². The lowest BCUT2D eigenvalue weighted by atomic mass is 9.84. The van der Waals surface area contributed by atoms with Crippen LogP contribution < -0.4 is 5.32 Å². The minimum atomic E-state index is -4.48. The lowest BCUT2D eigenvalue weighted by Crippen LogP contribution is -2.51. The fraction of sp³-hybridized carbons (Fsp3) is 0.344. The van der Waals surface area contributed by atoms with E-state index in [0.717, 1.165) is 25.0 Å². The van der Waals surface area contributed by atoms with Crippen LogP contribution in [0.4, 0.5) is 18.9 Å². The van der Waals surface area contributed by atoms with E-state index in [2.05, 4.69) is 23.1 Å². The monoisotopic (exact) mass is 604 g/mol. The van der Waals surface area contributed by atoms with Crippen LogP contribution in [-0.2, 0) is 15.8 Å². The van der Waals surface area contributed by atoms with Crippen LogP contribution in [-0.4, -0.2) is 63.0 Å². The predicted octanol–water partition coefficient (Wildman–Crippen LogP) is 5.07. The van der Waals surface area contributed by atoms with Crippen LogP contribution in [0.3, 0.4) is 0 Å². The van der Waals surface area contributed by atoms with E-state index in [1.165, 1.54) is 52.1 Å². The molecule has 1 saturated carbocycles. The largest absolute Gasteiger partial charge is 0.416 e. The highest BCUT2D eigenvalue weighted by atomic mass is 19.4. The van der Waals surface area contributed by atoms with Crippen molar-refractivity contribution in [3.8, 4) is 11.8 Å². The third-order valence-electron chi connectivity index (χ3n) is 8.31. The molecular formula is C32H31F3N6O3. The van der Waals surface area contributed by atoms with Crippen molar-refractivity contribution in [3.63, 3.8) is 0 Å². The Kier molecular flexibility index (Phi) is 8.32. The Morgan fingerprint density at radius 2 is 1.86 bits per heavy atom. The molecule has 1 aromatic heterocycles. The van der Waals surface area contributed by atoms with E-state index in [1.54, 1.807) is 24.3 Å². The van der Waals surface area contributed by atoms with E-state index < -0.39 is 41.1 Å². The number of rotatable bonds is 9. The van der Waals surface area contributed by atoms with Crippen molar-refractivity contribution < 1.29 is 27.6 Å². The molecule has 228 valence electrons. The average Bonchev–Trinajstić information content (AvgIpc) is 3.55. The third-order valence-corrected chi connectivity index (χ3v) is 8.31. The minimum absolute atomic E-state index is 0.0606. The third kappa shape index (κ3) is 6.22. The summed E-state index contributed by atoms with van der Waals surface area (Å²) >= 11 is 0. The van der Waals surface area contributed by atoms with Crippen molar-refractivity contribution in [2.45, 2.75) is 43.9 Å². The van der Waals surface area contributed by atoms with Crippen molar-refractivity contribution >= 4 is 23.4 Å². The maximum atomic E-state index is 14.1. The molecule has 3 aromatic rings. The molecule has 1 aliphatic heterocycles. The molecule has 2 aliphatic rings. The molecule has 9 nitrogen and oxygen atoms in total. The zero-order valence-corrected chi connectivity index (χ0v) is 24.0. The maximum Gasteiger partial charge on any atom is 0.416 e. The van der Waals surface area contributed by atoms with Crippen molar-refractivity contribution in [1.82, 2.24) is 19.6 Å². The fourth-order valence-corrected chi connectivity index (χ4v) is 5.47. The van der Waals surface area contributed by atoms with Crippen molar-refractivity contribution in [2.24, 2.45) is 11.3 Å². The van der Waals surface area contributed by atoms with Crippen LogP contribution >= 0.6 is 0 Å². The first-order valence-electron chi connectivity index (χ1n) is 14.2. The number of carbonyl (C=O) groups excluding carboxylic acids is 3. The van der Waals surface area contributed by atoms with Gasteiger partial charge in [-0.05, 0) is 48.7 Å². The van der Waals surface area contributed by atoms with Crippen molar-refractivity contribution in [1.29, 1.82) is 5.26 Å². The number of likely N-dealkylation sites (N-methyl/N-ethyl adjacent to an activating group) is 1. The van der Waals surface area contributed by atoms with Gasteiger partial charge in [-0.15, -0.1) is 6.58 Å². The number of likely N-dealkylation sites (tertiary alicyclic amines) is 1. The maximum absolute atomic E-state index is 14.1. The summed E-state index contributed by atoms with van der Waals surface area (Å²) in [6.07, 6.45) is 1.95. The summed E-state index contributed by atoms with van der Waals surface area (Å²) in [5.41, 5.74) is -0.968. The summed E-state index contributed by atoms with van der Waals surface area (Å²) in [5.74, 6) is -1.09. The summed E-state index contributed by atoms with van der Waals surface area (Å²) < 4.78 is 40.2. The Hall–Kier alpha value is -4.92. The van der Waals surface area contributed by atoms with Gasteiger partial charge >= 0.3 is 6.18 Å². The van der Waals surface area contributed by atoms with Gasteiger partial charge in [-0.25, -0.2) is 4.68 Å². The molecule has 3 atom stereocenters. The predicted molar refractivity (Wildman–Crippen MR) is 155 cm³/mol. The van der Waals surface area contributed by atoms with Gasteiger partial charge in [0.2, 0.25) is 11.8 Å². The second-order valence-electron chi connectivity index (χ2n) is 11.3. The Bertz CT molecular complexity index is 1590. The normalized spacial score (nSPS) is 20.4. The lowest BCUT2D eigenvalue weighted by molar-refractivity contribution is -0.138. The van der Waals surface area contributed by atoms with Gasteiger partial charge in [-0.3, -0.25) is 14.4 Å². The molecule has 2 heterocycles. The van der Waals surface area contributed by atoms with E-state index in [1.807, 2.05) is 6.07 Å². The highest BCUT2D eigenvalue weighted by Crippen LogP contribution is 2.40. The van der Waals surface area contributed by atoms with Gasteiger partial charge in [0.15, 0.2) is 0 Å². The highest BCUT2D eigenvalue weighted by Gasteiger charge is 2.51. The van der Waals surface area contributed by atoms with Crippen LogP contribution in [0.1, 0.15) is 41.6 Å². The van der Waals surface area contributed by atoms with E-state index in [0.29, 0.717) is 17.8 Å². The summed E-state index contributed by atoms with van der Waals surface area (Å²) in [6.45, 7) is 3.78. The van der Waals surface area contributed by atoms with Gasteiger partial charge in [0, 0.05) is 31.9 Å². The number of nitrogens with one attached hydrogen (secondary N) is 1. The standard InChI is InChI=1S/C32H31F3N6O3/c1-3-31(30(44)38-24-7-5-4-6-8-24)16-26(17-36)40(20-31)29(43)27(15-21-9-10-21)39(2)28(42)22-18-37-41(19-22)25-13-11-23(12-14-25)32(33,34)35/h3-8,11-14,18-19,21,26-27H,1,9-10,15-16,20H2,2H3,(H,38,44)/t26-,27-,31-/m0/s1. The summed E-state index contributed by atoms with van der Waals surface area (Å²) in [7, 11) is 1.50. The van der Waals surface area contributed by atoms with Crippen LogP contribution in [0.15, 0.2) is 79.6 Å². The van der Waals surface area contributed by atoms with Crippen LogP contribution in [0.25, 0.3) is 5.69 Å². The molecule has 44 heavy (non-hydrogen) atoms. The van der Waals surface area contributed by atoms with Gasteiger partial charge in [0.25, 0.3) is 5.91 Å². The van der Waals surface area contributed by atoms with Gasteiger partial charge in [0.1, 0.15) is 12.1 Å². The summed E-state index contributed by atoms with van der Waals surface area (Å²) in [4.78, 5) is 43.8. The Morgan fingerprint density at radius 1 is 1.18 bits per heavy atom.